The minimum absolute atomic E-state index is 0.0873. The van der Waals surface area contributed by atoms with Crippen molar-refractivity contribution in [3.63, 3.8) is 0 Å². The van der Waals surface area contributed by atoms with Crippen LogP contribution in [0.1, 0.15) is 144 Å². The van der Waals surface area contributed by atoms with Crippen LogP contribution in [0.5, 0.6) is 0 Å². The minimum atomic E-state index is 0.0873. The van der Waals surface area contributed by atoms with Crippen LogP contribution in [-0.2, 0) is 9.53 Å². The summed E-state index contributed by atoms with van der Waals surface area (Å²) in [5, 5.41) is 0. The van der Waals surface area contributed by atoms with Gasteiger partial charge in [-0.15, -0.1) is 0 Å². The van der Waals surface area contributed by atoms with E-state index in [9.17, 15) is 4.79 Å². The van der Waals surface area contributed by atoms with Crippen LogP contribution in [0.3, 0.4) is 0 Å². The quantitative estimate of drug-likeness (QED) is 0.227. The van der Waals surface area contributed by atoms with Gasteiger partial charge in [0, 0.05) is 11.8 Å². The van der Waals surface area contributed by atoms with Gasteiger partial charge in [0.2, 0.25) is 0 Å². The predicted octanol–water partition coefficient (Wildman–Crippen LogP) is 9.60. The summed E-state index contributed by atoms with van der Waals surface area (Å²) in [6.45, 7) is 14.8. The van der Waals surface area contributed by atoms with E-state index in [4.69, 9.17) is 4.74 Å². The van der Waals surface area contributed by atoms with Crippen LogP contribution in [-0.4, -0.2) is 12.1 Å². The molecule has 4 rings (SSSR count). The van der Waals surface area contributed by atoms with E-state index in [2.05, 4.69) is 41.5 Å². The van der Waals surface area contributed by atoms with Crippen LogP contribution >= 0.6 is 0 Å². The second kappa shape index (κ2) is 11.5. The molecule has 2 unspecified atom stereocenters. The van der Waals surface area contributed by atoms with Crippen molar-refractivity contribution in [3.8, 4) is 0 Å². The lowest BCUT2D eigenvalue weighted by Gasteiger charge is -2.62. The molecule has 0 aliphatic heterocycles. The molecule has 0 aromatic rings. The van der Waals surface area contributed by atoms with Crippen LogP contribution in [0.25, 0.3) is 0 Å². The average molecular weight is 487 g/mol. The number of hydrogen-bond donors (Lipinski definition) is 0. The molecule has 4 aliphatic rings. The van der Waals surface area contributed by atoms with E-state index < -0.39 is 0 Å². The fraction of sp³-hybridized carbons (Fsp3) is 0.970. The summed E-state index contributed by atoms with van der Waals surface area (Å²) >= 11 is 0. The Morgan fingerprint density at radius 2 is 1.69 bits per heavy atom. The van der Waals surface area contributed by atoms with Crippen molar-refractivity contribution >= 4 is 5.97 Å². The Labute approximate surface area is 218 Å². The maximum atomic E-state index is 12.8. The Hall–Kier alpha value is -0.530. The summed E-state index contributed by atoms with van der Waals surface area (Å²) in [6, 6.07) is 0. The largest absolute Gasteiger partial charge is 0.462 e. The van der Waals surface area contributed by atoms with Gasteiger partial charge in [-0.25, -0.2) is 0 Å². The summed E-state index contributed by atoms with van der Waals surface area (Å²) < 4.78 is 6.38. The Morgan fingerprint density at radius 3 is 2.43 bits per heavy atom. The molecule has 0 heterocycles. The number of esters is 1. The fourth-order valence-corrected chi connectivity index (χ4v) is 10.2. The molecular formula is C33H58O2. The molecule has 202 valence electrons. The van der Waals surface area contributed by atoms with E-state index >= 15 is 0 Å². The molecule has 4 fully saturated rings. The van der Waals surface area contributed by atoms with Crippen molar-refractivity contribution in [2.24, 2.45) is 52.3 Å². The number of ether oxygens (including phenoxy) is 1. The Morgan fingerprint density at radius 1 is 0.886 bits per heavy atom. The second-order valence-electron chi connectivity index (χ2n) is 14.4. The van der Waals surface area contributed by atoms with Gasteiger partial charge in [0.05, 0.1) is 0 Å². The van der Waals surface area contributed by atoms with Crippen LogP contribution < -0.4 is 0 Å². The van der Waals surface area contributed by atoms with Gasteiger partial charge in [0.15, 0.2) is 0 Å². The van der Waals surface area contributed by atoms with E-state index in [0.717, 1.165) is 67.1 Å². The molecule has 2 heteroatoms. The third kappa shape index (κ3) is 5.38. The van der Waals surface area contributed by atoms with E-state index in [-0.39, 0.29) is 17.5 Å². The fourth-order valence-electron chi connectivity index (χ4n) is 10.2. The molecule has 0 spiro atoms. The summed E-state index contributed by atoms with van der Waals surface area (Å²) in [5.74, 6) is 6.02. The van der Waals surface area contributed by atoms with Crippen molar-refractivity contribution < 1.29 is 9.53 Å². The van der Waals surface area contributed by atoms with Crippen LogP contribution in [0, 0.1) is 52.3 Å². The summed E-state index contributed by atoms with van der Waals surface area (Å²) in [6.07, 6.45) is 20.6. The lowest BCUT2D eigenvalue weighted by molar-refractivity contribution is -0.192. The molecule has 0 saturated heterocycles. The number of carbonyl (C=O) groups is 1. The van der Waals surface area contributed by atoms with Gasteiger partial charge in [0.25, 0.3) is 0 Å². The number of rotatable bonds is 10. The highest BCUT2D eigenvalue weighted by Gasteiger charge is 2.62. The number of unbranched alkanes of at least 4 members (excludes halogenated alkanes) is 2. The molecule has 0 amide bonds. The highest BCUT2D eigenvalue weighted by molar-refractivity contribution is 5.69. The highest BCUT2D eigenvalue weighted by atomic mass is 16.5. The molecule has 0 bridgehead atoms. The van der Waals surface area contributed by atoms with Gasteiger partial charge < -0.3 is 4.74 Å². The SMILES string of the molecule is CCCCCC(=O)OC1CCCC2CC[C@@H]3[C@H](CC[C@]4(C)[C@@H]([C@H](C)CCCC(C)C)CC[C@@H]34)[C@]21C. The molecule has 4 saturated carbocycles. The van der Waals surface area contributed by atoms with Gasteiger partial charge in [0.1, 0.15) is 6.10 Å². The molecular weight excluding hydrogens is 428 g/mol. The molecule has 35 heavy (non-hydrogen) atoms. The summed E-state index contributed by atoms with van der Waals surface area (Å²) in [4.78, 5) is 12.8. The number of fused-ring (bicyclic) bond motifs is 5. The third-order valence-electron chi connectivity index (χ3n) is 12.1. The molecule has 4 aliphatic carbocycles. The van der Waals surface area contributed by atoms with Crippen molar-refractivity contribution in [3.05, 3.63) is 0 Å². The zero-order chi connectivity index (χ0) is 25.2. The lowest BCUT2D eigenvalue weighted by atomic mass is 9.44. The minimum Gasteiger partial charge on any atom is -0.462 e. The maximum Gasteiger partial charge on any atom is 0.306 e. The van der Waals surface area contributed by atoms with E-state index in [1.807, 2.05) is 0 Å². The van der Waals surface area contributed by atoms with Gasteiger partial charge >= 0.3 is 5.97 Å². The van der Waals surface area contributed by atoms with Gasteiger partial charge in [-0.3, -0.25) is 4.79 Å². The first-order chi connectivity index (χ1) is 16.7. The molecule has 0 aromatic carbocycles. The van der Waals surface area contributed by atoms with E-state index in [0.29, 0.717) is 11.8 Å². The molecule has 0 aromatic heterocycles. The maximum absolute atomic E-state index is 12.8. The Bertz CT molecular complexity index is 699. The first-order valence-corrected chi connectivity index (χ1v) is 15.9. The number of hydrogen-bond acceptors (Lipinski definition) is 2. The Kier molecular flexibility index (Phi) is 9.01. The smallest absolute Gasteiger partial charge is 0.306 e. The van der Waals surface area contributed by atoms with Gasteiger partial charge in [-0.1, -0.05) is 73.6 Å². The van der Waals surface area contributed by atoms with Crippen molar-refractivity contribution in [1.29, 1.82) is 0 Å². The molecule has 2 nitrogen and oxygen atoms in total. The van der Waals surface area contributed by atoms with Crippen molar-refractivity contribution in [2.45, 2.75) is 150 Å². The number of carbonyl (C=O) groups excluding carboxylic acids is 1. The van der Waals surface area contributed by atoms with E-state index in [1.165, 1.54) is 70.6 Å². The highest BCUT2D eigenvalue weighted by Crippen LogP contribution is 2.68. The molecule has 0 radical (unpaired) electrons. The topological polar surface area (TPSA) is 26.3 Å². The zero-order valence-electron chi connectivity index (χ0n) is 24.2. The van der Waals surface area contributed by atoms with E-state index in [1.54, 1.807) is 0 Å². The predicted molar refractivity (Wildman–Crippen MR) is 147 cm³/mol. The lowest BCUT2D eigenvalue weighted by Crippen LogP contribution is -2.58. The van der Waals surface area contributed by atoms with Crippen molar-refractivity contribution in [2.75, 3.05) is 0 Å². The van der Waals surface area contributed by atoms with Gasteiger partial charge in [-0.2, -0.15) is 0 Å². The second-order valence-corrected chi connectivity index (χ2v) is 14.4. The van der Waals surface area contributed by atoms with Crippen molar-refractivity contribution in [1.82, 2.24) is 0 Å². The Balaban J connectivity index is 1.46. The zero-order valence-corrected chi connectivity index (χ0v) is 24.2. The van der Waals surface area contributed by atoms with Crippen LogP contribution in [0.2, 0.25) is 0 Å². The third-order valence-corrected chi connectivity index (χ3v) is 12.1. The summed E-state index contributed by atoms with van der Waals surface area (Å²) in [7, 11) is 0. The molecule has 0 N–H and O–H groups in total. The first-order valence-electron chi connectivity index (χ1n) is 15.9. The first kappa shape index (κ1) is 27.5. The normalized spacial score (nSPS) is 41.7. The average Bonchev–Trinajstić information content (AvgIpc) is 3.17. The van der Waals surface area contributed by atoms with Crippen LogP contribution in [0.15, 0.2) is 0 Å². The summed E-state index contributed by atoms with van der Waals surface area (Å²) in [5.41, 5.74) is 0.756. The monoisotopic (exact) mass is 486 g/mol. The van der Waals surface area contributed by atoms with Crippen LogP contribution in [0.4, 0.5) is 0 Å². The molecule has 9 atom stereocenters. The standard InChI is InChI=1S/C33H58O2/c1-7-8-9-16-31(34)35-30-15-11-14-25-17-18-26-28-20-19-27(24(4)13-10-12-23(2)3)32(28,5)22-21-29(26)33(25,30)6/h23-30H,7-22H2,1-6H3/t24-,25?,26+,27-,28+,29+,30?,32-,33+/m1/s1. The van der Waals surface area contributed by atoms with Gasteiger partial charge in [-0.05, 0) is 111 Å².